The Bertz CT molecular complexity index is 1290. The number of aliphatic hydroxyl groups excluding tert-OH is 1. The van der Waals surface area contributed by atoms with Gasteiger partial charge in [0.2, 0.25) is 11.8 Å². The highest BCUT2D eigenvalue weighted by molar-refractivity contribution is 6.40. The number of aliphatic hydroxyl groups is 1. The summed E-state index contributed by atoms with van der Waals surface area (Å²) in [5, 5.41) is 21.4. The zero-order valence-electron chi connectivity index (χ0n) is 22.5. The van der Waals surface area contributed by atoms with Gasteiger partial charge in [0, 0.05) is 31.4 Å². The molecule has 3 atom stereocenters. The molecular formula is C29H34Cl2N4O6. The van der Waals surface area contributed by atoms with Gasteiger partial charge < -0.3 is 24.5 Å². The Morgan fingerprint density at radius 2 is 1.59 bits per heavy atom. The lowest BCUT2D eigenvalue weighted by Crippen LogP contribution is -2.32. The Kier molecular flexibility index (Phi) is 11.6. The first-order chi connectivity index (χ1) is 19.9. The number of unbranched alkanes of at least 4 members (excludes halogenated alkanes) is 2. The van der Waals surface area contributed by atoms with Crippen molar-refractivity contribution in [2.45, 2.75) is 76.7 Å². The number of halogens is 2. The molecular weight excluding hydrogens is 571 g/mol. The molecule has 0 bridgehead atoms. The summed E-state index contributed by atoms with van der Waals surface area (Å²) >= 11 is 12.3. The van der Waals surface area contributed by atoms with Crippen molar-refractivity contribution in [2.24, 2.45) is 0 Å². The van der Waals surface area contributed by atoms with E-state index in [-0.39, 0.29) is 36.3 Å². The molecule has 1 aromatic heterocycles. The van der Waals surface area contributed by atoms with Gasteiger partial charge in [-0.2, -0.15) is 0 Å². The van der Waals surface area contributed by atoms with Crippen LogP contribution in [0.25, 0.3) is 0 Å². The Balaban J connectivity index is 1.36. The van der Waals surface area contributed by atoms with Gasteiger partial charge >= 0.3 is 0 Å². The van der Waals surface area contributed by atoms with Crippen molar-refractivity contribution < 1.29 is 29.4 Å². The summed E-state index contributed by atoms with van der Waals surface area (Å²) in [4.78, 5) is 27.3. The van der Waals surface area contributed by atoms with Crippen LogP contribution >= 0.6 is 23.2 Å². The fourth-order valence-corrected chi connectivity index (χ4v) is 4.92. The zero-order chi connectivity index (χ0) is 29.2. The first-order valence-electron chi connectivity index (χ1n) is 13.5. The second-order valence-corrected chi connectivity index (χ2v) is 10.7. The maximum atomic E-state index is 12.2. The first kappa shape index (κ1) is 31.0. The third-order valence-corrected chi connectivity index (χ3v) is 7.69. The smallest absolute Gasteiger partial charge is 0.243 e. The molecule has 0 saturated carbocycles. The molecule has 2 aromatic carbocycles. The predicted molar refractivity (Wildman–Crippen MR) is 152 cm³/mol. The summed E-state index contributed by atoms with van der Waals surface area (Å²) in [6.45, 7) is 0.807. The highest BCUT2D eigenvalue weighted by Crippen LogP contribution is 2.39. The van der Waals surface area contributed by atoms with E-state index in [1.54, 1.807) is 16.4 Å². The van der Waals surface area contributed by atoms with E-state index in [1.807, 2.05) is 48.5 Å². The number of benzene rings is 2. The largest absolute Gasteiger partial charge is 0.392 e. The molecule has 10 nitrogen and oxygen atoms in total. The lowest BCUT2D eigenvalue weighted by molar-refractivity contribution is -0.252. The maximum absolute atomic E-state index is 12.2. The molecule has 3 unspecified atom stereocenters. The van der Waals surface area contributed by atoms with E-state index < -0.39 is 12.2 Å². The number of hydrogen-bond donors (Lipinski definition) is 4. The monoisotopic (exact) mass is 604 g/mol. The van der Waals surface area contributed by atoms with E-state index in [2.05, 4.69) is 10.3 Å². The maximum Gasteiger partial charge on any atom is 0.243 e. The Hall–Kier alpha value is -2.99. The number of hydrogen-bond acceptors (Lipinski definition) is 7. The van der Waals surface area contributed by atoms with E-state index in [4.69, 9.17) is 37.9 Å². The van der Waals surface area contributed by atoms with Crippen molar-refractivity contribution in [2.75, 3.05) is 0 Å². The van der Waals surface area contributed by atoms with Crippen molar-refractivity contribution in [3.63, 3.8) is 0 Å². The van der Waals surface area contributed by atoms with Gasteiger partial charge in [0.05, 0.1) is 31.7 Å². The van der Waals surface area contributed by atoms with Crippen LogP contribution < -0.4 is 10.8 Å². The number of imidazole rings is 1. The SMILES string of the molecule is O=C(CCCCCC(=O)NCc1ccc(C2OC(Cn3cnc(Cl)c3Cl)CC(c3ccc(CO)cc3)O2)cc1)NO. The Morgan fingerprint density at radius 3 is 2.22 bits per heavy atom. The van der Waals surface area contributed by atoms with Gasteiger partial charge in [-0.15, -0.1) is 0 Å². The Morgan fingerprint density at radius 1 is 0.927 bits per heavy atom. The van der Waals surface area contributed by atoms with Crippen LogP contribution in [-0.4, -0.2) is 37.8 Å². The minimum Gasteiger partial charge on any atom is -0.392 e. The summed E-state index contributed by atoms with van der Waals surface area (Å²) in [5.74, 6) is -0.479. The average molecular weight is 606 g/mol. The molecule has 1 fully saturated rings. The van der Waals surface area contributed by atoms with Gasteiger partial charge in [0.25, 0.3) is 0 Å². The van der Waals surface area contributed by atoms with Crippen molar-refractivity contribution in [3.8, 4) is 0 Å². The van der Waals surface area contributed by atoms with E-state index in [9.17, 15) is 14.7 Å². The predicted octanol–water partition coefficient (Wildman–Crippen LogP) is 5.00. The molecule has 220 valence electrons. The minimum atomic E-state index is -0.634. The van der Waals surface area contributed by atoms with Crippen molar-refractivity contribution in [1.29, 1.82) is 0 Å². The van der Waals surface area contributed by atoms with Crippen LogP contribution in [0.2, 0.25) is 10.3 Å². The van der Waals surface area contributed by atoms with E-state index in [0.717, 1.165) is 28.7 Å². The van der Waals surface area contributed by atoms with E-state index in [1.165, 1.54) is 0 Å². The number of carbonyl (C=O) groups is 2. The van der Waals surface area contributed by atoms with Gasteiger partial charge in [0.1, 0.15) is 5.15 Å². The summed E-state index contributed by atoms with van der Waals surface area (Å²) in [5.41, 5.74) is 5.17. The highest BCUT2D eigenvalue weighted by atomic mass is 35.5. The molecule has 3 aromatic rings. The summed E-state index contributed by atoms with van der Waals surface area (Å²) in [7, 11) is 0. The van der Waals surface area contributed by atoms with Gasteiger partial charge in [-0.1, -0.05) is 78.2 Å². The third kappa shape index (κ3) is 9.00. The molecule has 2 heterocycles. The lowest BCUT2D eigenvalue weighted by Gasteiger charge is -2.36. The number of rotatable bonds is 13. The molecule has 0 aliphatic carbocycles. The number of aromatic nitrogens is 2. The van der Waals surface area contributed by atoms with E-state index >= 15 is 0 Å². The second-order valence-electron chi connectivity index (χ2n) is 9.94. The van der Waals surface area contributed by atoms with Gasteiger partial charge in [-0.3, -0.25) is 14.8 Å². The number of nitrogens with zero attached hydrogens (tertiary/aromatic N) is 2. The highest BCUT2D eigenvalue weighted by Gasteiger charge is 2.32. The van der Waals surface area contributed by atoms with Crippen LogP contribution in [0, 0.1) is 0 Å². The van der Waals surface area contributed by atoms with Crippen molar-refractivity contribution in [3.05, 3.63) is 87.4 Å². The fraction of sp³-hybridized carbons (Fsp3) is 0.414. The van der Waals surface area contributed by atoms with Crippen LogP contribution in [-0.2, 0) is 38.8 Å². The summed E-state index contributed by atoms with van der Waals surface area (Å²) in [6.07, 6.45) is 3.67. The standard InChI is InChI=1S/C29H34Cl2N4O6/c30-27-28(31)35(18-33-27)16-23-14-24(21-10-8-20(17-36)9-11-21)41-29(40-23)22-12-6-19(7-13-22)15-32-25(37)4-2-1-3-5-26(38)34-39/h6-13,18,23-24,29,36,39H,1-5,14-17H2,(H,32,37)(H,34,38). The number of nitrogens with one attached hydrogen (secondary N) is 2. The molecule has 0 spiro atoms. The molecule has 4 N–H and O–H groups in total. The van der Waals surface area contributed by atoms with Crippen LogP contribution in [0.4, 0.5) is 0 Å². The molecule has 12 heteroatoms. The molecule has 1 saturated heterocycles. The minimum absolute atomic E-state index is 0.0294. The van der Waals surface area contributed by atoms with Crippen molar-refractivity contribution >= 4 is 35.0 Å². The molecule has 4 rings (SSSR count). The number of amides is 2. The average Bonchev–Trinajstić information content (AvgIpc) is 3.32. The molecule has 1 aliphatic rings. The molecule has 41 heavy (non-hydrogen) atoms. The summed E-state index contributed by atoms with van der Waals surface area (Å²) in [6, 6.07) is 15.4. The Labute approximate surface area is 248 Å². The van der Waals surface area contributed by atoms with Gasteiger partial charge in [0.15, 0.2) is 11.4 Å². The van der Waals surface area contributed by atoms with E-state index in [0.29, 0.717) is 43.9 Å². The third-order valence-electron chi connectivity index (χ3n) is 6.92. The van der Waals surface area contributed by atoms with Crippen LogP contribution in [0.1, 0.15) is 73.2 Å². The molecule has 0 radical (unpaired) electrons. The molecule has 2 amide bonds. The zero-order valence-corrected chi connectivity index (χ0v) is 24.0. The quantitative estimate of drug-likeness (QED) is 0.122. The van der Waals surface area contributed by atoms with Crippen LogP contribution in [0.3, 0.4) is 0 Å². The van der Waals surface area contributed by atoms with Gasteiger partial charge in [-0.25, -0.2) is 10.5 Å². The van der Waals surface area contributed by atoms with Crippen molar-refractivity contribution in [1.82, 2.24) is 20.3 Å². The number of carbonyl (C=O) groups excluding carboxylic acids is 2. The second kappa shape index (κ2) is 15.3. The number of ether oxygens (including phenoxy) is 2. The summed E-state index contributed by atoms with van der Waals surface area (Å²) < 4.78 is 14.5. The van der Waals surface area contributed by atoms with Crippen LogP contribution in [0.5, 0.6) is 0 Å². The van der Waals surface area contributed by atoms with Gasteiger partial charge in [-0.05, 0) is 29.5 Å². The fourth-order valence-electron chi connectivity index (χ4n) is 4.61. The normalized spacial score (nSPS) is 18.7. The topological polar surface area (TPSA) is 135 Å². The lowest BCUT2D eigenvalue weighted by atomic mass is 10.00. The van der Waals surface area contributed by atoms with Crippen LogP contribution in [0.15, 0.2) is 54.9 Å². The molecule has 1 aliphatic heterocycles. The number of hydroxylamine groups is 1. The first-order valence-corrected chi connectivity index (χ1v) is 14.3.